The fraction of sp³-hybridized carbons (Fsp3) is 0.333. The minimum atomic E-state index is 0.0696. The molecule has 0 unspecified atom stereocenters. The van der Waals surface area contributed by atoms with Crippen molar-refractivity contribution in [3.8, 4) is 11.3 Å². The summed E-state index contributed by atoms with van der Waals surface area (Å²) < 4.78 is 0.934. The zero-order valence-corrected chi connectivity index (χ0v) is 13.3. The van der Waals surface area contributed by atoms with Gasteiger partial charge < -0.3 is 5.32 Å². The lowest BCUT2D eigenvalue weighted by molar-refractivity contribution is -0.118. The van der Waals surface area contributed by atoms with Crippen molar-refractivity contribution in [1.82, 2.24) is 10.3 Å². The minimum absolute atomic E-state index is 0.0696. The summed E-state index contributed by atoms with van der Waals surface area (Å²) >= 11 is 3.07. The van der Waals surface area contributed by atoms with Gasteiger partial charge in [0.25, 0.3) is 0 Å². The Morgan fingerprint density at radius 3 is 2.80 bits per heavy atom. The SMILES string of the molecule is CC(C)CNC(=O)CSc1nc(-c2ccccc2)cs1. The Morgan fingerprint density at radius 1 is 1.35 bits per heavy atom. The van der Waals surface area contributed by atoms with E-state index in [9.17, 15) is 4.79 Å². The molecule has 1 aromatic heterocycles. The summed E-state index contributed by atoms with van der Waals surface area (Å²) in [5.41, 5.74) is 2.08. The number of aromatic nitrogens is 1. The maximum absolute atomic E-state index is 11.6. The maximum Gasteiger partial charge on any atom is 0.230 e. The smallest absolute Gasteiger partial charge is 0.230 e. The number of hydrogen-bond acceptors (Lipinski definition) is 4. The van der Waals surface area contributed by atoms with Gasteiger partial charge in [-0.3, -0.25) is 4.79 Å². The van der Waals surface area contributed by atoms with Crippen molar-refractivity contribution in [1.29, 1.82) is 0 Å². The predicted molar refractivity (Wildman–Crippen MR) is 86.1 cm³/mol. The van der Waals surface area contributed by atoms with Gasteiger partial charge in [0, 0.05) is 17.5 Å². The Hall–Kier alpha value is -1.33. The highest BCUT2D eigenvalue weighted by molar-refractivity contribution is 8.01. The molecule has 2 rings (SSSR count). The molecule has 0 aliphatic heterocycles. The van der Waals surface area contributed by atoms with Crippen LogP contribution < -0.4 is 5.32 Å². The highest BCUT2D eigenvalue weighted by atomic mass is 32.2. The number of carbonyl (C=O) groups excluding carboxylic acids is 1. The molecule has 20 heavy (non-hydrogen) atoms. The first kappa shape index (κ1) is 15.1. The number of nitrogens with one attached hydrogen (secondary N) is 1. The molecule has 0 aliphatic rings. The molecule has 1 amide bonds. The molecule has 5 heteroatoms. The van der Waals surface area contributed by atoms with Gasteiger partial charge in [0.1, 0.15) is 0 Å². The van der Waals surface area contributed by atoms with Gasteiger partial charge in [-0.15, -0.1) is 11.3 Å². The highest BCUT2D eigenvalue weighted by Gasteiger charge is 2.08. The van der Waals surface area contributed by atoms with Crippen LogP contribution in [0.3, 0.4) is 0 Å². The molecule has 0 saturated carbocycles. The Morgan fingerprint density at radius 2 is 2.10 bits per heavy atom. The fourth-order valence-electron chi connectivity index (χ4n) is 1.56. The van der Waals surface area contributed by atoms with Crippen LogP contribution in [-0.2, 0) is 4.79 Å². The lowest BCUT2D eigenvalue weighted by Crippen LogP contribution is -2.28. The second kappa shape index (κ2) is 7.45. The number of nitrogens with zero attached hydrogens (tertiary/aromatic N) is 1. The average Bonchev–Trinajstić information content (AvgIpc) is 2.93. The van der Waals surface area contributed by atoms with Gasteiger partial charge in [-0.25, -0.2) is 4.98 Å². The van der Waals surface area contributed by atoms with Crippen molar-refractivity contribution in [3.05, 3.63) is 35.7 Å². The van der Waals surface area contributed by atoms with Crippen LogP contribution in [0.4, 0.5) is 0 Å². The molecule has 1 aromatic carbocycles. The van der Waals surface area contributed by atoms with Crippen molar-refractivity contribution < 1.29 is 4.79 Å². The number of benzene rings is 1. The van der Waals surface area contributed by atoms with Crippen LogP contribution in [0.1, 0.15) is 13.8 Å². The molecule has 106 valence electrons. The Labute approximate surface area is 127 Å². The van der Waals surface area contributed by atoms with Crippen LogP contribution >= 0.6 is 23.1 Å². The second-order valence-corrected chi connectivity index (χ2v) is 6.93. The number of hydrogen-bond donors (Lipinski definition) is 1. The molecule has 3 nitrogen and oxygen atoms in total. The number of thioether (sulfide) groups is 1. The van der Waals surface area contributed by atoms with E-state index < -0.39 is 0 Å². The van der Waals surface area contributed by atoms with Gasteiger partial charge in [-0.1, -0.05) is 55.9 Å². The largest absolute Gasteiger partial charge is 0.355 e. The number of carbonyl (C=O) groups is 1. The standard InChI is InChI=1S/C15H18N2OS2/c1-11(2)8-16-14(18)10-20-15-17-13(9-19-15)12-6-4-3-5-7-12/h3-7,9,11H,8,10H2,1-2H3,(H,16,18). The summed E-state index contributed by atoms with van der Waals surface area (Å²) in [4.78, 5) is 16.2. The first-order valence-corrected chi connectivity index (χ1v) is 8.42. The van der Waals surface area contributed by atoms with Crippen molar-refractivity contribution >= 4 is 29.0 Å². The normalized spacial score (nSPS) is 10.8. The molecule has 0 saturated heterocycles. The van der Waals surface area contributed by atoms with Crippen molar-refractivity contribution in [2.75, 3.05) is 12.3 Å². The average molecular weight is 306 g/mol. The monoisotopic (exact) mass is 306 g/mol. The van der Waals surface area contributed by atoms with E-state index in [1.54, 1.807) is 11.3 Å². The van der Waals surface area contributed by atoms with E-state index in [0.29, 0.717) is 11.7 Å². The second-order valence-electron chi connectivity index (χ2n) is 4.85. The first-order chi connectivity index (χ1) is 9.65. The van der Waals surface area contributed by atoms with Crippen LogP contribution in [0.25, 0.3) is 11.3 Å². The molecule has 1 heterocycles. The third kappa shape index (κ3) is 4.65. The molecule has 2 aromatic rings. The zero-order chi connectivity index (χ0) is 14.4. The molecular weight excluding hydrogens is 288 g/mol. The molecule has 0 aliphatic carbocycles. The zero-order valence-electron chi connectivity index (χ0n) is 11.6. The third-order valence-corrected chi connectivity index (χ3v) is 4.61. The summed E-state index contributed by atoms with van der Waals surface area (Å²) in [5.74, 6) is 0.975. The van der Waals surface area contributed by atoms with E-state index in [4.69, 9.17) is 0 Å². The number of amides is 1. The van der Waals surface area contributed by atoms with Gasteiger partial charge in [-0.2, -0.15) is 0 Å². The van der Waals surface area contributed by atoms with Gasteiger partial charge in [-0.05, 0) is 5.92 Å². The van der Waals surface area contributed by atoms with Gasteiger partial charge in [0.05, 0.1) is 11.4 Å². The molecule has 0 atom stereocenters. The summed E-state index contributed by atoms with van der Waals surface area (Å²) in [5, 5.41) is 4.94. The Kier molecular flexibility index (Phi) is 5.61. The van der Waals surface area contributed by atoms with E-state index >= 15 is 0 Å². The molecule has 0 radical (unpaired) electrons. The van der Waals surface area contributed by atoms with Crippen molar-refractivity contribution in [2.24, 2.45) is 5.92 Å². The van der Waals surface area contributed by atoms with E-state index in [1.165, 1.54) is 11.8 Å². The Balaban J connectivity index is 1.86. The van der Waals surface area contributed by atoms with E-state index in [0.717, 1.165) is 22.1 Å². The number of thiazole rings is 1. The van der Waals surface area contributed by atoms with E-state index in [1.807, 2.05) is 35.7 Å². The lowest BCUT2D eigenvalue weighted by Gasteiger charge is -2.06. The summed E-state index contributed by atoms with van der Waals surface area (Å²) in [6, 6.07) is 10.1. The van der Waals surface area contributed by atoms with Gasteiger partial charge in [0.2, 0.25) is 5.91 Å². The third-order valence-electron chi connectivity index (χ3n) is 2.59. The van der Waals surface area contributed by atoms with E-state index in [2.05, 4.69) is 24.1 Å². The van der Waals surface area contributed by atoms with Crippen LogP contribution in [-0.4, -0.2) is 23.2 Å². The lowest BCUT2D eigenvalue weighted by atomic mass is 10.2. The van der Waals surface area contributed by atoms with Gasteiger partial charge in [0.15, 0.2) is 4.34 Å². The molecular formula is C15H18N2OS2. The highest BCUT2D eigenvalue weighted by Crippen LogP contribution is 2.27. The van der Waals surface area contributed by atoms with Crippen LogP contribution in [0, 0.1) is 5.92 Å². The van der Waals surface area contributed by atoms with Gasteiger partial charge >= 0.3 is 0 Å². The molecule has 0 bridgehead atoms. The van der Waals surface area contributed by atoms with E-state index in [-0.39, 0.29) is 5.91 Å². The van der Waals surface area contributed by atoms with Crippen molar-refractivity contribution in [3.63, 3.8) is 0 Å². The summed E-state index contributed by atoms with van der Waals surface area (Å²) in [6.45, 7) is 4.90. The fourth-order valence-corrected chi connectivity index (χ4v) is 3.23. The molecule has 1 N–H and O–H groups in total. The summed E-state index contributed by atoms with van der Waals surface area (Å²) in [6.07, 6.45) is 0. The first-order valence-electron chi connectivity index (χ1n) is 6.55. The minimum Gasteiger partial charge on any atom is -0.355 e. The Bertz CT molecular complexity index is 552. The quantitative estimate of drug-likeness (QED) is 0.828. The van der Waals surface area contributed by atoms with Crippen molar-refractivity contribution in [2.45, 2.75) is 18.2 Å². The van der Waals surface area contributed by atoms with Crippen LogP contribution in [0.2, 0.25) is 0 Å². The molecule has 0 spiro atoms. The van der Waals surface area contributed by atoms with Crippen LogP contribution in [0.15, 0.2) is 40.1 Å². The predicted octanol–water partition coefficient (Wildman–Crippen LogP) is 3.67. The van der Waals surface area contributed by atoms with Crippen LogP contribution in [0.5, 0.6) is 0 Å². The summed E-state index contributed by atoms with van der Waals surface area (Å²) in [7, 11) is 0. The molecule has 0 fully saturated rings. The maximum atomic E-state index is 11.6. The topological polar surface area (TPSA) is 42.0 Å². The number of rotatable bonds is 6.